The van der Waals surface area contributed by atoms with Crippen molar-refractivity contribution < 1.29 is 19.4 Å². The third-order valence-corrected chi connectivity index (χ3v) is 7.58. The average molecular weight is 497 g/mol. The molecule has 6 rings (SSSR count). The van der Waals surface area contributed by atoms with Gasteiger partial charge in [0.1, 0.15) is 5.75 Å². The largest absolute Gasteiger partial charge is 0.493 e. The van der Waals surface area contributed by atoms with Crippen molar-refractivity contribution in [3.63, 3.8) is 0 Å². The summed E-state index contributed by atoms with van der Waals surface area (Å²) in [6.07, 6.45) is 5.08. The normalized spacial score (nSPS) is 16.4. The van der Waals surface area contributed by atoms with Crippen LogP contribution in [0.1, 0.15) is 74.4 Å². The molecule has 4 aromatic rings. The van der Waals surface area contributed by atoms with E-state index in [-0.39, 0.29) is 0 Å². The molecule has 6 nitrogen and oxygen atoms in total. The molecule has 0 saturated heterocycles. The van der Waals surface area contributed by atoms with E-state index in [1.54, 1.807) is 0 Å². The number of carboxylic acids is 1. The average Bonchev–Trinajstić information content (AvgIpc) is 2.81. The zero-order valence-corrected chi connectivity index (χ0v) is 21.8. The van der Waals surface area contributed by atoms with Crippen LogP contribution in [-0.2, 0) is 16.0 Å². The highest BCUT2D eigenvalue weighted by Gasteiger charge is 2.33. The maximum absolute atomic E-state index is 12.7. The predicted octanol–water partition coefficient (Wildman–Crippen LogP) is 6.90. The fourth-order valence-corrected chi connectivity index (χ4v) is 5.69. The van der Waals surface area contributed by atoms with Crippen LogP contribution in [0.2, 0.25) is 0 Å². The first-order chi connectivity index (χ1) is 17.7. The van der Waals surface area contributed by atoms with Gasteiger partial charge in [0.2, 0.25) is 0 Å². The van der Waals surface area contributed by atoms with Crippen LogP contribution in [0.15, 0.2) is 42.6 Å². The number of pyridine rings is 2. The van der Waals surface area contributed by atoms with Gasteiger partial charge in [-0.15, -0.1) is 0 Å². The Balaban J connectivity index is 1.69. The van der Waals surface area contributed by atoms with Crippen LogP contribution in [-0.4, -0.2) is 33.3 Å². The lowest BCUT2D eigenvalue weighted by Gasteiger charge is -2.29. The van der Waals surface area contributed by atoms with Crippen molar-refractivity contribution in [2.75, 3.05) is 6.61 Å². The number of aromatic nitrogens is 2. The fraction of sp³-hybridized carbons (Fsp3) is 0.387. The molecule has 1 atom stereocenters. The molecule has 1 aliphatic heterocycles. The van der Waals surface area contributed by atoms with Gasteiger partial charge in [-0.1, -0.05) is 12.5 Å². The first kappa shape index (κ1) is 23.9. The van der Waals surface area contributed by atoms with Gasteiger partial charge < -0.3 is 14.6 Å². The van der Waals surface area contributed by atoms with Crippen molar-refractivity contribution in [1.82, 2.24) is 9.97 Å². The SMILES string of the molecule is Cc1cc2nc(C3CCC3)ccc2c(-c2ccc3c4c(ccnc24)CCO3)c1[C@H](OC(C)(C)C)C(=O)O. The smallest absolute Gasteiger partial charge is 0.337 e. The Morgan fingerprint density at radius 3 is 2.68 bits per heavy atom. The molecule has 1 fully saturated rings. The monoisotopic (exact) mass is 496 g/mol. The van der Waals surface area contributed by atoms with Crippen molar-refractivity contribution >= 4 is 27.8 Å². The molecule has 37 heavy (non-hydrogen) atoms. The van der Waals surface area contributed by atoms with Gasteiger partial charge in [-0.05, 0) is 87.6 Å². The van der Waals surface area contributed by atoms with Gasteiger partial charge in [0.05, 0.1) is 23.2 Å². The number of carbonyl (C=O) groups is 1. The number of hydrogen-bond acceptors (Lipinski definition) is 5. The highest BCUT2D eigenvalue weighted by Crippen LogP contribution is 2.45. The number of benzene rings is 2. The molecular formula is C31H32N2O4. The number of carboxylic acid groups (broad SMARTS) is 1. The zero-order valence-electron chi connectivity index (χ0n) is 21.8. The number of rotatable bonds is 5. The molecule has 3 heterocycles. The molecule has 2 aromatic carbocycles. The van der Waals surface area contributed by atoms with Gasteiger partial charge in [0, 0.05) is 46.1 Å². The molecule has 1 N–H and O–H groups in total. The lowest BCUT2D eigenvalue weighted by molar-refractivity contribution is -0.160. The molecule has 0 amide bonds. The number of hydrogen-bond donors (Lipinski definition) is 1. The predicted molar refractivity (Wildman–Crippen MR) is 144 cm³/mol. The summed E-state index contributed by atoms with van der Waals surface area (Å²) in [5, 5.41) is 12.3. The Morgan fingerprint density at radius 2 is 1.97 bits per heavy atom. The molecule has 2 aromatic heterocycles. The maximum atomic E-state index is 12.7. The molecule has 2 aliphatic rings. The van der Waals surface area contributed by atoms with Crippen molar-refractivity contribution in [2.45, 2.75) is 71.0 Å². The van der Waals surface area contributed by atoms with E-state index in [9.17, 15) is 9.90 Å². The summed E-state index contributed by atoms with van der Waals surface area (Å²) in [7, 11) is 0. The highest BCUT2D eigenvalue weighted by molar-refractivity contribution is 6.08. The van der Waals surface area contributed by atoms with E-state index < -0.39 is 17.7 Å². The third-order valence-electron chi connectivity index (χ3n) is 7.58. The van der Waals surface area contributed by atoms with E-state index in [1.165, 1.54) is 24.8 Å². The van der Waals surface area contributed by atoms with Gasteiger partial charge in [-0.25, -0.2) is 4.79 Å². The topological polar surface area (TPSA) is 81.5 Å². The summed E-state index contributed by atoms with van der Waals surface area (Å²) in [4.78, 5) is 22.6. The fourth-order valence-electron chi connectivity index (χ4n) is 5.69. The van der Waals surface area contributed by atoms with E-state index in [4.69, 9.17) is 19.4 Å². The van der Waals surface area contributed by atoms with Crippen LogP contribution in [0.5, 0.6) is 5.75 Å². The Morgan fingerprint density at radius 1 is 1.16 bits per heavy atom. The van der Waals surface area contributed by atoms with Gasteiger partial charge in [0.15, 0.2) is 6.10 Å². The number of fused-ring (bicyclic) bond motifs is 1. The quantitative estimate of drug-likeness (QED) is 0.324. The van der Waals surface area contributed by atoms with Gasteiger partial charge in [0.25, 0.3) is 0 Å². The Labute approximate surface area is 216 Å². The maximum Gasteiger partial charge on any atom is 0.337 e. The van der Waals surface area contributed by atoms with E-state index >= 15 is 0 Å². The molecule has 1 aliphatic carbocycles. The van der Waals surface area contributed by atoms with Crippen LogP contribution < -0.4 is 4.74 Å². The first-order valence-electron chi connectivity index (χ1n) is 13.1. The van der Waals surface area contributed by atoms with Crippen molar-refractivity contribution in [3.05, 3.63) is 65.0 Å². The second kappa shape index (κ2) is 8.80. The van der Waals surface area contributed by atoms with Gasteiger partial charge >= 0.3 is 5.97 Å². The second-order valence-corrected chi connectivity index (χ2v) is 11.3. The minimum absolute atomic E-state index is 0.503. The summed E-state index contributed by atoms with van der Waals surface area (Å²) >= 11 is 0. The van der Waals surface area contributed by atoms with E-state index in [1.807, 2.05) is 58.2 Å². The van der Waals surface area contributed by atoms with E-state index in [2.05, 4.69) is 12.1 Å². The molecule has 0 bridgehead atoms. The highest BCUT2D eigenvalue weighted by atomic mass is 16.5. The van der Waals surface area contributed by atoms with Crippen molar-refractivity contribution in [1.29, 1.82) is 0 Å². The summed E-state index contributed by atoms with van der Waals surface area (Å²) in [6, 6.07) is 12.3. The standard InChI is InChI=1S/C31H32N2O4/c1-17-16-23-20(8-10-22(33-23)18-6-5-7-18)27(25(17)29(30(34)35)37-31(2,3)4)21-9-11-24-26-19(13-15-36-24)12-14-32-28(21)26/h8-12,14,16,18,29H,5-7,13,15H2,1-4H3,(H,34,35)/t29-/m0/s1. The summed E-state index contributed by atoms with van der Waals surface area (Å²) in [5.74, 6) is 0.303. The number of aryl methyl sites for hydroxylation is 1. The van der Waals surface area contributed by atoms with Gasteiger partial charge in [-0.3, -0.25) is 9.97 Å². The first-order valence-corrected chi connectivity index (χ1v) is 13.1. The number of ether oxygens (including phenoxy) is 2. The Kier molecular flexibility index (Phi) is 5.68. The van der Waals surface area contributed by atoms with Crippen LogP contribution in [0.4, 0.5) is 0 Å². The Hall–Kier alpha value is -3.51. The van der Waals surface area contributed by atoms with Crippen LogP contribution in [0.3, 0.4) is 0 Å². The van der Waals surface area contributed by atoms with Crippen molar-refractivity contribution in [3.8, 4) is 16.9 Å². The van der Waals surface area contributed by atoms with Crippen LogP contribution >= 0.6 is 0 Å². The van der Waals surface area contributed by atoms with Crippen LogP contribution in [0.25, 0.3) is 32.9 Å². The van der Waals surface area contributed by atoms with E-state index in [0.29, 0.717) is 18.1 Å². The molecule has 0 spiro atoms. The zero-order chi connectivity index (χ0) is 25.9. The van der Waals surface area contributed by atoms with Crippen LogP contribution in [0, 0.1) is 6.92 Å². The number of nitrogens with zero attached hydrogens (tertiary/aromatic N) is 2. The Bertz CT molecular complexity index is 1540. The summed E-state index contributed by atoms with van der Waals surface area (Å²) < 4.78 is 12.2. The summed E-state index contributed by atoms with van der Waals surface area (Å²) in [5.41, 5.74) is 6.52. The molecule has 0 unspecified atom stereocenters. The minimum Gasteiger partial charge on any atom is -0.493 e. The second-order valence-electron chi connectivity index (χ2n) is 11.3. The molecule has 6 heteroatoms. The molecule has 1 saturated carbocycles. The third kappa shape index (κ3) is 4.13. The minimum atomic E-state index is -1.15. The molecule has 190 valence electrons. The number of aliphatic carboxylic acids is 1. The summed E-state index contributed by atoms with van der Waals surface area (Å²) in [6.45, 7) is 8.24. The lowest BCUT2D eigenvalue weighted by Crippen LogP contribution is -2.28. The lowest BCUT2D eigenvalue weighted by atomic mass is 9.82. The molecule has 0 radical (unpaired) electrons. The van der Waals surface area contributed by atoms with Gasteiger partial charge in [-0.2, -0.15) is 0 Å². The molecular weight excluding hydrogens is 464 g/mol. The van der Waals surface area contributed by atoms with Crippen molar-refractivity contribution in [2.24, 2.45) is 0 Å². The van der Waals surface area contributed by atoms with E-state index in [0.717, 1.165) is 56.4 Å².